The Morgan fingerprint density at radius 1 is 0.914 bits per heavy atom. The highest BCUT2D eigenvalue weighted by molar-refractivity contribution is 8.18. The van der Waals surface area contributed by atoms with Crippen LogP contribution in [0.4, 0.5) is 5.69 Å². The number of amides is 1. The van der Waals surface area contributed by atoms with E-state index in [0.717, 1.165) is 36.9 Å². The van der Waals surface area contributed by atoms with Crippen LogP contribution in [-0.4, -0.2) is 48.1 Å². The highest BCUT2D eigenvalue weighted by Crippen LogP contribution is 2.31. The van der Waals surface area contributed by atoms with Crippen molar-refractivity contribution in [3.05, 3.63) is 100 Å². The Bertz CT molecular complexity index is 1290. The van der Waals surface area contributed by atoms with Gasteiger partial charge in [0.1, 0.15) is 5.75 Å². The van der Waals surface area contributed by atoms with Crippen molar-refractivity contribution < 1.29 is 14.3 Å². The third-order valence-corrected chi connectivity index (χ3v) is 6.97. The van der Waals surface area contributed by atoms with E-state index < -0.39 is 5.97 Å². The summed E-state index contributed by atoms with van der Waals surface area (Å²) in [5.41, 5.74) is 3.83. The van der Waals surface area contributed by atoms with Crippen LogP contribution in [0.2, 0.25) is 0 Å². The minimum absolute atomic E-state index is 0.217. The van der Waals surface area contributed by atoms with Gasteiger partial charge in [0.2, 0.25) is 0 Å². The van der Waals surface area contributed by atoms with Crippen LogP contribution in [0.25, 0.3) is 6.08 Å². The number of benzene rings is 3. The lowest BCUT2D eigenvalue weighted by molar-refractivity contribution is -0.113. The minimum Gasteiger partial charge on any atom is -0.423 e. The molecule has 35 heavy (non-hydrogen) atoms. The smallest absolute Gasteiger partial charge is 0.343 e. The number of rotatable bonds is 4. The van der Waals surface area contributed by atoms with Crippen molar-refractivity contribution in [2.24, 2.45) is 4.99 Å². The van der Waals surface area contributed by atoms with Gasteiger partial charge in [-0.3, -0.25) is 4.79 Å². The van der Waals surface area contributed by atoms with E-state index in [1.54, 1.807) is 36.4 Å². The summed E-state index contributed by atoms with van der Waals surface area (Å²) in [5.74, 6) is -0.167. The fourth-order valence-electron chi connectivity index (χ4n) is 4.04. The summed E-state index contributed by atoms with van der Waals surface area (Å²) in [4.78, 5) is 34.2. The molecular formula is C28H25N3O3S. The van der Waals surface area contributed by atoms with Crippen LogP contribution in [0.15, 0.2) is 88.8 Å². The molecular weight excluding hydrogens is 458 g/mol. The summed E-state index contributed by atoms with van der Waals surface area (Å²) in [6.07, 6.45) is 1.83. The van der Waals surface area contributed by atoms with Crippen molar-refractivity contribution in [2.75, 3.05) is 31.1 Å². The second kappa shape index (κ2) is 10.2. The summed E-state index contributed by atoms with van der Waals surface area (Å²) >= 11 is 1.42. The molecule has 0 aromatic heterocycles. The minimum atomic E-state index is -0.404. The molecule has 2 heterocycles. The maximum Gasteiger partial charge on any atom is 0.343 e. The summed E-state index contributed by atoms with van der Waals surface area (Å²) in [5, 5.41) is 0.763. The van der Waals surface area contributed by atoms with E-state index in [9.17, 15) is 9.59 Å². The van der Waals surface area contributed by atoms with Gasteiger partial charge < -0.3 is 14.5 Å². The van der Waals surface area contributed by atoms with E-state index in [1.807, 2.05) is 24.3 Å². The number of amidine groups is 1. The molecule has 0 radical (unpaired) electrons. The number of piperazine rings is 1. The van der Waals surface area contributed by atoms with Crippen LogP contribution in [0.1, 0.15) is 21.5 Å². The molecule has 3 aromatic rings. The van der Waals surface area contributed by atoms with Crippen molar-refractivity contribution in [1.82, 2.24) is 4.90 Å². The molecule has 0 atom stereocenters. The lowest BCUT2D eigenvalue weighted by atomic mass is 10.2. The van der Waals surface area contributed by atoms with Crippen molar-refractivity contribution in [3.8, 4) is 5.75 Å². The summed E-state index contributed by atoms with van der Waals surface area (Å²) < 4.78 is 5.42. The zero-order valence-corrected chi connectivity index (χ0v) is 20.2. The largest absolute Gasteiger partial charge is 0.423 e. The van der Waals surface area contributed by atoms with Crippen LogP contribution < -0.4 is 9.64 Å². The van der Waals surface area contributed by atoms with Crippen LogP contribution in [0.5, 0.6) is 5.75 Å². The maximum absolute atomic E-state index is 12.5. The lowest BCUT2D eigenvalue weighted by Gasteiger charge is -2.36. The predicted molar refractivity (Wildman–Crippen MR) is 141 cm³/mol. The third kappa shape index (κ3) is 5.46. The molecule has 0 spiro atoms. The van der Waals surface area contributed by atoms with E-state index >= 15 is 0 Å². The van der Waals surface area contributed by atoms with Crippen molar-refractivity contribution in [1.29, 1.82) is 0 Å². The van der Waals surface area contributed by atoms with Gasteiger partial charge in [0, 0.05) is 31.9 Å². The quantitative estimate of drug-likeness (QED) is 0.295. The van der Waals surface area contributed by atoms with E-state index in [4.69, 9.17) is 4.74 Å². The van der Waals surface area contributed by atoms with Crippen LogP contribution >= 0.6 is 11.8 Å². The van der Waals surface area contributed by atoms with Crippen molar-refractivity contribution >= 4 is 40.6 Å². The summed E-state index contributed by atoms with van der Waals surface area (Å²) in [6, 6.07) is 24.5. The van der Waals surface area contributed by atoms with Gasteiger partial charge in [-0.25, -0.2) is 4.79 Å². The first kappa shape index (κ1) is 22.9. The average molecular weight is 484 g/mol. The van der Waals surface area contributed by atoms with Gasteiger partial charge in [-0.05, 0) is 72.3 Å². The van der Waals surface area contributed by atoms with Gasteiger partial charge in [0.25, 0.3) is 5.91 Å². The topological polar surface area (TPSA) is 62.2 Å². The average Bonchev–Trinajstić information content (AvgIpc) is 3.25. The molecule has 176 valence electrons. The number of aryl methyl sites for hydroxylation is 1. The Hall–Kier alpha value is -3.84. The Balaban J connectivity index is 1.18. The van der Waals surface area contributed by atoms with Gasteiger partial charge >= 0.3 is 5.97 Å². The number of thioether (sulfide) groups is 1. The number of nitrogens with zero attached hydrogens (tertiary/aromatic N) is 3. The molecule has 0 unspecified atom stereocenters. The number of ether oxygens (including phenoxy) is 1. The molecule has 5 rings (SSSR count). The Morgan fingerprint density at radius 2 is 1.63 bits per heavy atom. The van der Waals surface area contributed by atoms with E-state index in [-0.39, 0.29) is 5.91 Å². The van der Waals surface area contributed by atoms with Gasteiger partial charge in [-0.15, -0.1) is 0 Å². The Labute approximate surface area is 208 Å². The summed E-state index contributed by atoms with van der Waals surface area (Å²) in [6.45, 7) is 5.52. The highest BCUT2D eigenvalue weighted by Gasteiger charge is 2.28. The number of esters is 1. The van der Waals surface area contributed by atoms with Gasteiger partial charge in [-0.1, -0.05) is 42.5 Å². The number of hydrogen-bond acceptors (Lipinski definition) is 6. The molecule has 0 aliphatic carbocycles. The van der Waals surface area contributed by atoms with E-state index in [2.05, 4.69) is 46.0 Å². The molecule has 0 bridgehead atoms. The van der Waals surface area contributed by atoms with Gasteiger partial charge in [0.05, 0.1) is 10.5 Å². The highest BCUT2D eigenvalue weighted by atomic mass is 32.2. The van der Waals surface area contributed by atoms with Crippen molar-refractivity contribution in [3.63, 3.8) is 0 Å². The first-order valence-electron chi connectivity index (χ1n) is 11.5. The second-order valence-corrected chi connectivity index (χ2v) is 9.46. The zero-order chi connectivity index (χ0) is 24.2. The van der Waals surface area contributed by atoms with E-state index in [0.29, 0.717) is 16.2 Å². The standard InChI is InChI=1S/C28H25N3O3S/c1-20-6-5-9-23(18-20)30-14-16-31(17-15-30)28-29-26(32)25(35-28)19-21-10-12-24(13-11-21)34-27(33)22-7-3-2-4-8-22/h2-13,18-19H,14-17H2,1H3. The molecule has 1 saturated heterocycles. The number of carbonyl (C=O) groups is 2. The molecule has 2 aliphatic heterocycles. The molecule has 0 saturated carbocycles. The molecule has 6 nitrogen and oxygen atoms in total. The van der Waals surface area contributed by atoms with Crippen LogP contribution in [-0.2, 0) is 4.79 Å². The monoisotopic (exact) mass is 483 g/mol. The summed E-state index contributed by atoms with van der Waals surface area (Å²) in [7, 11) is 0. The first-order chi connectivity index (χ1) is 17.0. The van der Waals surface area contributed by atoms with Gasteiger partial charge in [-0.2, -0.15) is 4.99 Å². The predicted octanol–water partition coefficient (Wildman–Crippen LogP) is 5.01. The van der Waals surface area contributed by atoms with E-state index in [1.165, 1.54) is 23.0 Å². The fourth-order valence-corrected chi connectivity index (χ4v) is 5.00. The van der Waals surface area contributed by atoms with Crippen LogP contribution in [0.3, 0.4) is 0 Å². The second-order valence-electron chi connectivity index (χ2n) is 8.45. The molecule has 1 fully saturated rings. The Kier molecular flexibility index (Phi) is 6.68. The molecule has 0 N–H and O–H groups in total. The molecule has 2 aliphatic rings. The van der Waals surface area contributed by atoms with Crippen LogP contribution in [0, 0.1) is 6.92 Å². The number of hydrogen-bond donors (Lipinski definition) is 0. The number of carbonyl (C=O) groups excluding carboxylic acids is 2. The SMILES string of the molecule is Cc1cccc(N2CCN(C3=NC(=O)C(=Cc4ccc(OC(=O)c5ccccc5)cc4)S3)CC2)c1. The maximum atomic E-state index is 12.5. The Morgan fingerprint density at radius 3 is 2.34 bits per heavy atom. The third-order valence-electron chi connectivity index (χ3n) is 5.92. The zero-order valence-electron chi connectivity index (χ0n) is 19.4. The molecule has 1 amide bonds. The number of anilines is 1. The lowest BCUT2D eigenvalue weighted by Crippen LogP contribution is -2.47. The normalized spacial score (nSPS) is 17.0. The molecule has 3 aromatic carbocycles. The number of aliphatic imine (C=N–C) groups is 1. The molecule has 7 heteroatoms. The van der Waals surface area contributed by atoms with Crippen molar-refractivity contribution in [2.45, 2.75) is 6.92 Å². The first-order valence-corrected chi connectivity index (χ1v) is 12.3. The van der Waals surface area contributed by atoms with Gasteiger partial charge in [0.15, 0.2) is 5.17 Å². The fraction of sp³-hybridized carbons (Fsp3) is 0.179.